The molecular weight excluding hydrogens is 571 g/mol. The number of rotatable bonds is 15. The number of aryl methyl sites for hydroxylation is 1. The molecule has 0 radical (unpaired) electrons. The van der Waals surface area contributed by atoms with Gasteiger partial charge in [-0.3, -0.25) is 13.9 Å². The molecule has 0 unspecified atom stereocenters. The molecule has 0 saturated carbocycles. The van der Waals surface area contributed by atoms with Gasteiger partial charge in [0.1, 0.15) is 18.3 Å². The van der Waals surface area contributed by atoms with Crippen molar-refractivity contribution in [3.63, 3.8) is 0 Å². The summed E-state index contributed by atoms with van der Waals surface area (Å²) in [5.41, 5.74) is 2.09. The molecule has 0 spiro atoms. The maximum Gasteiger partial charge on any atom is 0.264 e. The summed E-state index contributed by atoms with van der Waals surface area (Å²) in [4.78, 5) is 30.0. The van der Waals surface area contributed by atoms with Crippen molar-refractivity contribution in [1.29, 1.82) is 0 Å². The van der Waals surface area contributed by atoms with E-state index in [1.165, 1.54) is 16.7 Å². The normalized spacial score (nSPS) is 11.9. The number of nitrogens with one attached hydrogen (secondary N) is 1. The first-order valence-electron chi connectivity index (χ1n) is 14.1. The fourth-order valence-corrected chi connectivity index (χ4v) is 6.33. The lowest BCUT2D eigenvalue weighted by Gasteiger charge is -2.33. The minimum Gasteiger partial charge on any atom is -0.497 e. The highest BCUT2D eigenvalue weighted by Gasteiger charge is 2.33. The van der Waals surface area contributed by atoms with Crippen LogP contribution >= 0.6 is 11.8 Å². The molecule has 2 amide bonds. The third-order valence-electron chi connectivity index (χ3n) is 6.95. The number of hydrogen-bond donors (Lipinski definition) is 1. The van der Waals surface area contributed by atoms with E-state index in [9.17, 15) is 18.0 Å². The van der Waals surface area contributed by atoms with Crippen molar-refractivity contribution < 1.29 is 22.7 Å². The molecule has 226 valence electrons. The summed E-state index contributed by atoms with van der Waals surface area (Å²) in [5.74, 6) is -0.127. The zero-order valence-electron chi connectivity index (χ0n) is 25.0. The molecule has 0 heterocycles. The van der Waals surface area contributed by atoms with Crippen molar-refractivity contribution in [2.45, 2.75) is 62.4 Å². The van der Waals surface area contributed by atoms with Crippen LogP contribution < -0.4 is 14.4 Å². The predicted molar refractivity (Wildman–Crippen MR) is 169 cm³/mol. The third kappa shape index (κ3) is 8.51. The molecular formula is C32H41N3O5S2. The van der Waals surface area contributed by atoms with E-state index in [1.54, 1.807) is 49.6 Å². The Morgan fingerprint density at radius 2 is 1.69 bits per heavy atom. The van der Waals surface area contributed by atoms with Crippen LogP contribution in [-0.2, 0) is 26.2 Å². The van der Waals surface area contributed by atoms with Gasteiger partial charge in [0.2, 0.25) is 11.8 Å². The number of nitrogens with zero attached hydrogens (tertiary/aromatic N) is 2. The number of carbonyl (C=O) groups excluding carboxylic acids is 2. The third-order valence-corrected chi connectivity index (χ3v) is 9.48. The Kier molecular flexibility index (Phi) is 12.3. The Morgan fingerprint density at radius 3 is 2.29 bits per heavy atom. The molecule has 0 aliphatic heterocycles. The lowest BCUT2D eigenvalue weighted by Crippen LogP contribution is -2.52. The fourth-order valence-electron chi connectivity index (χ4n) is 4.51. The highest BCUT2D eigenvalue weighted by Crippen LogP contribution is 2.27. The van der Waals surface area contributed by atoms with Gasteiger partial charge in [0.05, 0.1) is 17.7 Å². The average molecular weight is 612 g/mol. The maximum absolute atomic E-state index is 14.2. The van der Waals surface area contributed by atoms with Crippen LogP contribution in [0.1, 0.15) is 44.2 Å². The van der Waals surface area contributed by atoms with Gasteiger partial charge in [-0.25, -0.2) is 8.42 Å². The first-order chi connectivity index (χ1) is 20.1. The lowest BCUT2D eigenvalue weighted by molar-refractivity contribution is -0.140. The number of thioether (sulfide) groups is 1. The summed E-state index contributed by atoms with van der Waals surface area (Å²) < 4.78 is 34.5. The molecule has 3 aromatic rings. The molecule has 0 aromatic heterocycles. The average Bonchev–Trinajstić information content (AvgIpc) is 3.00. The number of hydrogen-bond acceptors (Lipinski definition) is 6. The van der Waals surface area contributed by atoms with Crippen molar-refractivity contribution in [3.8, 4) is 5.75 Å². The second-order valence-electron chi connectivity index (χ2n) is 9.96. The molecule has 3 rings (SSSR count). The maximum atomic E-state index is 14.2. The summed E-state index contributed by atoms with van der Waals surface area (Å²) in [6.07, 6.45) is 4.02. The standard InChI is InChI=1S/C32H41N3O5S2/c1-6-8-20-33-32(37)30(7-2)34(22-25-10-9-11-27(21-25)40-4)31(36)23-35(26-14-12-24(3)13-15-26)42(38,39)29-18-16-28(41-5)17-19-29/h9-19,21,30H,6-8,20,22-23H2,1-5H3,(H,33,37)/t30-/m1/s1. The Bertz CT molecular complexity index is 1430. The minimum absolute atomic E-state index is 0.0809. The van der Waals surface area contributed by atoms with Crippen LogP contribution in [0.15, 0.2) is 82.6 Å². The van der Waals surface area contributed by atoms with Gasteiger partial charge in [-0.2, -0.15) is 0 Å². The molecule has 8 nitrogen and oxygen atoms in total. The SMILES string of the molecule is CCCCNC(=O)[C@@H](CC)N(Cc1cccc(OC)c1)C(=O)CN(c1ccc(C)cc1)S(=O)(=O)c1ccc(SC)cc1. The topological polar surface area (TPSA) is 96.0 Å². The molecule has 3 aromatic carbocycles. The minimum atomic E-state index is -4.12. The number of methoxy groups -OCH3 is 1. The monoisotopic (exact) mass is 611 g/mol. The summed E-state index contributed by atoms with van der Waals surface area (Å²) in [6, 6.07) is 20.1. The van der Waals surface area contributed by atoms with E-state index < -0.39 is 28.5 Å². The van der Waals surface area contributed by atoms with Gasteiger partial charge in [-0.1, -0.05) is 50.1 Å². The van der Waals surface area contributed by atoms with Gasteiger partial charge in [-0.15, -0.1) is 11.8 Å². The lowest BCUT2D eigenvalue weighted by atomic mass is 10.1. The number of sulfonamides is 1. The summed E-state index contributed by atoms with van der Waals surface area (Å²) >= 11 is 1.51. The van der Waals surface area contributed by atoms with Gasteiger partial charge in [0.15, 0.2) is 0 Å². The van der Waals surface area contributed by atoms with E-state index in [-0.39, 0.29) is 17.3 Å². The van der Waals surface area contributed by atoms with Crippen molar-refractivity contribution in [2.75, 3.05) is 30.8 Å². The molecule has 0 bridgehead atoms. The first-order valence-corrected chi connectivity index (χ1v) is 16.7. The van der Waals surface area contributed by atoms with Crippen LogP contribution in [0.2, 0.25) is 0 Å². The second kappa shape index (κ2) is 15.7. The van der Waals surface area contributed by atoms with Crippen molar-refractivity contribution >= 4 is 39.3 Å². The molecule has 0 aliphatic rings. The number of unbranched alkanes of at least 4 members (excludes halogenated alkanes) is 1. The summed E-state index contributed by atoms with van der Waals surface area (Å²) in [5, 5.41) is 2.95. The van der Waals surface area contributed by atoms with Crippen LogP contribution in [0.3, 0.4) is 0 Å². The first kappa shape index (κ1) is 33.0. The van der Waals surface area contributed by atoms with E-state index in [0.29, 0.717) is 24.4 Å². The van der Waals surface area contributed by atoms with Gasteiger partial charge < -0.3 is 15.0 Å². The second-order valence-corrected chi connectivity index (χ2v) is 12.7. The Balaban J connectivity index is 2.04. The highest BCUT2D eigenvalue weighted by atomic mass is 32.2. The quantitative estimate of drug-likeness (QED) is 0.176. The largest absolute Gasteiger partial charge is 0.497 e. The van der Waals surface area contributed by atoms with E-state index in [4.69, 9.17) is 4.74 Å². The number of benzene rings is 3. The molecule has 1 atom stereocenters. The van der Waals surface area contributed by atoms with Crippen LogP contribution in [0, 0.1) is 6.92 Å². The molecule has 0 saturated heterocycles. The van der Waals surface area contributed by atoms with Crippen LogP contribution in [0.4, 0.5) is 5.69 Å². The van der Waals surface area contributed by atoms with Gasteiger partial charge in [0, 0.05) is 18.0 Å². The van der Waals surface area contributed by atoms with Crippen molar-refractivity contribution in [2.24, 2.45) is 0 Å². The molecule has 0 aliphatic carbocycles. The smallest absolute Gasteiger partial charge is 0.264 e. The number of ether oxygens (including phenoxy) is 1. The summed E-state index contributed by atoms with van der Waals surface area (Å²) in [6.45, 7) is 5.93. The number of carbonyl (C=O) groups is 2. The van der Waals surface area contributed by atoms with Gasteiger partial charge in [0.25, 0.3) is 10.0 Å². The Labute approximate surface area is 254 Å². The zero-order valence-corrected chi connectivity index (χ0v) is 26.6. The van der Waals surface area contributed by atoms with Crippen molar-refractivity contribution in [3.05, 3.63) is 83.9 Å². The van der Waals surface area contributed by atoms with Crippen molar-refractivity contribution in [1.82, 2.24) is 10.2 Å². The predicted octanol–water partition coefficient (Wildman–Crippen LogP) is 5.64. The molecule has 42 heavy (non-hydrogen) atoms. The van der Waals surface area contributed by atoms with E-state index in [0.717, 1.165) is 33.2 Å². The van der Waals surface area contributed by atoms with Gasteiger partial charge in [-0.05, 0) is 80.1 Å². The highest BCUT2D eigenvalue weighted by molar-refractivity contribution is 7.98. The number of anilines is 1. The Morgan fingerprint density at radius 1 is 1.00 bits per heavy atom. The molecule has 1 N–H and O–H groups in total. The van der Waals surface area contributed by atoms with Crippen LogP contribution in [-0.4, -0.2) is 57.6 Å². The zero-order chi connectivity index (χ0) is 30.7. The van der Waals surface area contributed by atoms with Crippen LogP contribution in [0.5, 0.6) is 5.75 Å². The molecule has 0 fully saturated rings. The Hall–Kier alpha value is -3.50. The van der Waals surface area contributed by atoms with E-state index in [2.05, 4.69) is 5.32 Å². The van der Waals surface area contributed by atoms with Gasteiger partial charge >= 0.3 is 0 Å². The summed E-state index contributed by atoms with van der Waals surface area (Å²) in [7, 11) is -2.55. The van der Waals surface area contributed by atoms with E-state index in [1.807, 2.05) is 57.4 Å². The number of amides is 2. The fraction of sp³-hybridized carbons (Fsp3) is 0.375. The molecule has 10 heteroatoms. The van der Waals surface area contributed by atoms with E-state index >= 15 is 0 Å². The van der Waals surface area contributed by atoms with Crippen LogP contribution in [0.25, 0.3) is 0 Å².